The van der Waals surface area contributed by atoms with E-state index < -0.39 is 0 Å². The Hall–Kier alpha value is 0.543. The van der Waals surface area contributed by atoms with Gasteiger partial charge in [-0.3, -0.25) is 0 Å². The molecule has 0 fully saturated rings. The fraction of sp³-hybridized carbons (Fsp3) is 1.00. The Bertz CT molecular complexity index is 7.61. The Labute approximate surface area is 44.3 Å². The largest absolute Gasteiger partial charge is 0.412 e. The van der Waals surface area contributed by atoms with E-state index in [9.17, 15) is 0 Å². The summed E-state index contributed by atoms with van der Waals surface area (Å²) in [5.41, 5.74) is 0. The first-order valence-electron chi connectivity index (χ1n) is 1.02. The van der Waals surface area contributed by atoms with Gasteiger partial charge in [0.2, 0.25) is 0 Å². The average Bonchev–Trinajstić information content (AvgIpc) is 0.918. The van der Waals surface area contributed by atoms with Crippen LogP contribution in [0, 0.1) is 0 Å². The van der Waals surface area contributed by atoms with E-state index in [1.54, 1.807) is 6.92 Å². The minimum atomic E-state index is 0. The topological polar surface area (TPSA) is 51.7 Å². The fourth-order valence-corrected chi connectivity index (χ4v) is 0. The van der Waals surface area contributed by atoms with Gasteiger partial charge < -0.3 is 10.6 Å². The Morgan fingerprint density at radius 3 is 1.60 bits per heavy atom. The van der Waals surface area contributed by atoms with Crippen molar-refractivity contribution in [3.63, 3.8) is 0 Å². The molecular formula is C2H8O2Zn. The van der Waals surface area contributed by atoms with Gasteiger partial charge in [0.05, 0.1) is 0 Å². The first kappa shape index (κ1) is 17.7. The molecule has 0 saturated carbocycles. The molecule has 5 heavy (non-hydrogen) atoms. The molecule has 2 nitrogen and oxygen atoms in total. The molecule has 0 amide bonds. The van der Waals surface area contributed by atoms with Gasteiger partial charge in [0.1, 0.15) is 0 Å². The van der Waals surface area contributed by atoms with Crippen LogP contribution in [-0.2, 0) is 19.5 Å². The third-order valence-electron chi connectivity index (χ3n) is 0. The predicted octanol–water partition coefficient (Wildman–Crippen LogP) is -0.829. The maximum Gasteiger partial charge on any atom is 0.0402 e. The van der Waals surface area contributed by atoms with Crippen molar-refractivity contribution in [2.24, 2.45) is 0 Å². The molecule has 0 radical (unpaired) electrons. The standard InChI is InChI=1S/C2H6O.H2O.Zn/c1-2-3;;/h3H,2H2,1H3;1H2;. The van der Waals surface area contributed by atoms with E-state index in [1.165, 1.54) is 0 Å². The zero-order chi connectivity index (χ0) is 2.71. The molecule has 0 heterocycles. The van der Waals surface area contributed by atoms with Crippen LogP contribution < -0.4 is 0 Å². The summed E-state index contributed by atoms with van der Waals surface area (Å²) in [5, 5.41) is 7.57. The third kappa shape index (κ3) is 99.5. The molecular weight excluding hydrogens is 121 g/mol. The van der Waals surface area contributed by atoms with E-state index in [1.807, 2.05) is 0 Å². The number of rotatable bonds is 0. The van der Waals surface area contributed by atoms with Crippen molar-refractivity contribution in [1.82, 2.24) is 0 Å². The van der Waals surface area contributed by atoms with Gasteiger partial charge in [0.15, 0.2) is 0 Å². The molecule has 0 spiro atoms. The van der Waals surface area contributed by atoms with E-state index >= 15 is 0 Å². The summed E-state index contributed by atoms with van der Waals surface area (Å²) in [6, 6.07) is 0. The van der Waals surface area contributed by atoms with Crippen molar-refractivity contribution >= 4 is 0 Å². The number of aliphatic hydroxyl groups excluding tert-OH is 1. The predicted molar refractivity (Wildman–Crippen MR) is 16.4 cm³/mol. The first-order chi connectivity index (χ1) is 1.41. The molecule has 3 heteroatoms. The van der Waals surface area contributed by atoms with Crippen molar-refractivity contribution in [2.75, 3.05) is 6.61 Å². The normalized spacial score (nSPS) is 3.60. The zero-order valence-electron chi connectivity index (χ0n) is 3.36. The van der Waals surface area contributed by atoms with Crippen LogP contribution in [0.4, 0.5) is 0 Å². The molecule has 3 N–H and O–H groups in total. The maximum atomic E-state index is 7.57. The molecule has 0 unspecified atom stereocenters. The third-order valence-corrected chi connectivity index (χ3v) is 0. The molecule has 0 atom stereocenters. The van der Waals surface area contributed by atoms with Gasteiger partial charge in [-0.25, -0.2) is 0 Å². The van der Waals surface area contributed by atoms with Gasteiger partial charge in [-0.2, -0.15) is 0 Å². The zero-order valence-corrected chi connectivity index (χ0v) is 6.33. The molecule has 0 aliphatic heterocycles. The molecule has 0 saturated heterocycles. The maximum absolute atomic E-state index is 7.57. The van der Waals surface area contributed by atoms with Crippen molar-refractivity contribution in [2.45, 2.75) is 6.92 Å². The fourth-order valence-electron chi connectivity index (χ4n) is 0. The summed E-state index contributed by atoms with van der Waals surface area (Å²) < 4.78 is 0. The van der Waals surface area contributed by atoms with Gasteiger partial charge in [-0.15, -0.1) is 0 Å². The number of hydrogen-bond donors (Lipinski definition) is 1. The van der Waals surface area contributed by atoms with Crippen LogP contribution >= 0.6 is 0 Å². The Morgan fingerprint density at radius 2 is 1.60 bits per heavy atom. The van der Waals surface area contributed by atoms with E-state index in [2.05, 4.69) is 0 Å². The van der Waals surface area contributed by atoms with E-state index in [4.69, 9.17) is 5.11 Å². The van der Waals surface area contributed by atoms with Gasteiger partial charge in [-0.1, -0.05) is 0 Å². The molecule has 0 aromatic heterocycles. The van der Waals surface area contributed by atoms with Crippen molar-refractivity contribution in [3.05, 3.63) is 0 Å². The van der Waals surface area contributed by atoms with Crippen LogP contribution in [0.5, 0.6) is 0 Å². The van der Waals surface area contributed by atoms with Gasteiger partial charge in [-0.05, 0) is 6.92 Å². The second-order valence-electron chi connectivity index (χ2n) is 0.316. The van der Waals surface area contributed by atoms with Crippen molar-refractivity contribution < 1.29 is 30.1 Å². The number of aliphatic hydroxyl groups is 1. The minimum Gasteiger partial charge on any atom is -0.412 e. The summed E-state index contributed by atoms with van der Waals surface area (Å²) in [6.45, 7) is 1.93. The second kappa shape index (κ2) is 23.9. The molecule has 0 aliphatic carbocycles. The van der Waals surface area contributed by atoms with Crippen LogP contribution in [0.3, 0.4) is 0 Å². The summed E-state index contributed by atoms with van der Waals surface area (Å²) in [4.78, 5) is 0. The molecule has 0 bridgehead atoms. The van der Waals surface area contributed by atoms with E-state index in [0.29, 0.717) is 0 Å². The van der Waals surface area contributed by atoms with Crippen molar-refractivity contribution in [1.29, 1.82) is 0 Å². The summed E-state index contributed by atoms with van der Waals surface area (Å²) >= 11 is 0. The van der Waals surface area contributed by atoms with Gasteiger partial charge >= 0.3 is 0 Å². The Kier molecular flexibility index (Phi) is 84.7. The first-order valence-corrected chi connectivity index (χ1v) is 1.02. The molecule has 0 aliphatic rings. The van der Waals surface area contributed by atoms with E-state index in [0.717, 1.165) is 0 Å². The molecule has 0 aromatic rings. The molecule has 30 valence electrons. The molecule has 0 rings (SSSR count). The van der Waals surface area contributed by atoms with Crippen LogP contribution in [0.1, 0.15) is 6.92 Å². The van der Waals surface area contributed by atoms with Crippen LogP contribution in [0.2, 0.25) is 0 Å². The van der Waals surface area contributed by atoms with E-state index in [-0.39, 0.29) is 31.6 Å². The summed E-state index contributed by atoms with van der Waals surface area (Å²) in [7, 11) is 0. The van der Waals surface area contributed by atoms with Crippen LogP contribution in [0.25, 0.3) is 0 Å². The summed E-state index contributed by atoms with van der Waals surface area (Å²) in [6.07, 6.45) is 0. The van der Waals surface area contributed by atoms with Crippen molar-refractivity contribution in [3.8, 4) is 0 Å². The summed E-state index contributed by atoms with van der Waals surface area (Å²) in [5.74, 6) is 0. The minimum absolute atomic E-state index is 0. The van der Waals surface area contributed by atoms with Gasteiger partial charge in [0, 0.05) is 26.1 Å². The smallest absolute Gasteiger partial charge is 0.0402 e. The quantitative estimate of drug-likeness (QED) is 0.427. The van der Waals surface area contributed by atoms with Gasteiger partial charge in [0.25, 0.3) is 0 Å². The Morgan fingerprint density at radius 1 is 1.60 bits per heavy atom. The Balaban J connectivity index is -0.0000000200. The van der Waals surface area contributed by atoms with Crippen LogP contribution in [-0.4, -0.2) is 17.2 Å². The second-order valence-corrected chi connectivity index (χ2v) is 0.316. The number of hydrogen-bond acceptors (Lipinski definition) is 1. The molecule has 0 aromatic carbocycles. The monoisotopic (exact) mass is 128 g/mol. The SMILES string of the molecule is CCO.O.[Zn]. The van der Waals surface area contributed by atoms with Crippen LogP contribution in [0.15, 0.2) is 0 Å². The average molecular weight is 129 g/mol.